The van der Waals surface area contributed by atoms with Crippen LogP contribution in [-0.2, 0) is 28.6 Å². The Balaban J connectivity index is 4.29. The predicted octanol–water partition coefficient (Wildman–Crippen LogP) is 23.4. The van der Waals surface area contributed by atoms with Crippen LogP contribution < -0.4 is 0 Å². The lowest BCUT2D eigenvalue weighted by molar-refractivity contribution is -0.167. The Hall–Kier alpha value is -3.93. The fourth-order valence-corrected chi connectivity index (χ4v) is 9.41. The maximum Gasteiger partial charge on any atom is 0.306 e. The highest BCUT2D eigenvalue weighted by atomic mass is 16.6. The first-order chi connectivity index (χ1) is 39.5. The van der Waals surface area contributed by atoms with Gasteiger partial charge in [-0.15, -0.1) is 0 Å². The largest absolute Gasteiger partial charge is 0.462 e. The summed E-state index contributed by atoms with van der Waals surface area (Å²) in [5.74, 6) is -0.893. The van der Waals surface area contributed by atoms with Crippen LogP contribution in [-0.4, -0.2) is 37.2 Å². The van der Waals surface area contributed by atoms with E-state index in [0.717, 1.165) is 116 Å². The van der Waals surface area contributed by atoms with Gasteiger partial charge in [0.25, 0.3) is 0 Å². The van der Waals surface area contributed by atoms with Gasteiger partial charge >= 0.3 is 17.9 Å². The van der Waals surface area contributed by atoms with Crippen molar-refractivity contribution in [3.8, 4) is 0 Å². The van der Waals surface area contributed by atoms with Crippen molar-refractivity contribution >= 4 is 17.9 Å². The number of carbonyl (C=O) groups is 3. The van der Waals surface area contributed by atoms with Crippen molar-refractivity contribution in [2.45, 2.75) is 329 Å². The molecule has 0 bridgehead atoms. The zero-order valence-corrected chi connectivity index (χ0v) is 52.6. The Kier molecular flexibility index (Phi) is 64.3. The molecule has 1 unspecified atom stereocenters. The van der Waals surface area contributed by atoms with Crippen molar-refractivity contribution in [2.24, 2.45) is 0 Å². The van der Waals surface area contributed by atoms with Crippen molar-refractivity contribution in [3.63, 3.8) is 0 Å². The molecule has 0 fully saturated rings. The molecule has 1 atom stereocenters. The smallest absolute Gasteiger partial charge is 0.306 e. The van der Waals surface area contributed by atoms with Gasteiger partial charge in [0.05, 0.1) is 0 Å². The molecule has 458 valence electrons. The number of rotatable bonds is 61. The normalized spacial score (nSPS) is 12.8. The molecule has 0 aliphatic carbocycles. The minimum Gasteiger partial charge on any atom is -0.462 e. The molecular formula is C74H126O6. The highest BCUT2D eigenvalue weighted by Crippen LogP contribution is 2.16. The average Bonchev–Trinajstić information content (AvgIpc) is 3.46. The number of ether oxygens (including phenoxy) is 3. The lowest BCUT2D eigenvalue weighted by Gasteiger charge is -2.18. The molecule has 0 rings (SSSR count). The van der Waals surface area contributed by atoms with Gasteiger partial charge in [-0.2, -0.15) is 0 Å². The molecule has 0 radical (unpaired) electrons. The van der Waals surface area contributed by atoms with Crippen LogP contribution in [0, 0.1) is 0 Å². The molecule has 0 aromatic rings. The maximum absolute atomic E-state index is 12.9. The van der Waals surface area contributed by atoms with Crippen LogP contribution in [0.4, 0.5) is 0 Å². The summed E-state index contributed by atoms with van der Waals surface area (Å²) in [4.78, 5) is 38.3. The summed E-state index contributed by atoms with van der Waals surface area (Å²) >= 11 is 0. The van der Waals surface area contributed by atoms with Crippen LogP contribution in [0.2, 0.25) is 0 Å². The first-order valence-electron chi connectivity index (χ1n) is 33.9. The number of hydrogen-bond donors (Lipinski definition) is 0. The lowest BCUT2D eigenvalue weighted by atomic mass is 10.1. The van der Waals surface area contributed by atoms with Crippen LogP contribution in [0.25, 0.3) is 0 Å². The Morgan fingerprint density at radius 1 is 0.263 bits per heavy atom. The van der Waals surface area contributed by atoms with E-state index >= 15 is 0 Å². The SMILES string of the molecule is CC/C=C\C/C=C\C/C=C\C/C=C\C/C=C\C/C=C\C/C=C\CCCCCCCCCCCC(=O)OCC(COC(=O)CCCCCCC/C=C\CCCCCC)OC(=O)CCCCCCCCC/C=C\CCCCCCCCC. The van der Waals surface area contributed by atoms with Crippen LogP contribution >= 0.6 is 0 Å². The summed E-state index contributed by atoms with van der Waals surface area (Å²) in [5, 5.41) is 0. The topological polar surface area (TPSA) is 78.9 Å². The number of allylic oxidation sites excluding steroid dienone is 18. The standard InChI is InChI=1S/C74H126O6/c1-4-7-10-13-16-19-22-25-27-29-31-32-33-34-35-36-37-38-39-40-41-42-43-45-46-49-52-55-58-61-64-67-73(76)79-70-71(69-78-72(75)66-63-60-57-54-51-48-24-21-18-15-12-9-6-3)80-74(77)68-65-62-59-56-53-50-47-44-30-28-26-23-20-17-14-11-8-5-2/h7,10,16,19,21,24-25,27-28,30-32,34-35,37-38,40-41,71H,4-6,8-9,11-15,17-18,20,22-23,26,29,33,36,39,42-70H2,1-3H3/b10-7-,19-16-,24-21-,27-25-,30-28-,32-31-,35-34-,38-37-,41-40-. The van der Waals surface area contributed by atoms with Gasteiger partial charge < -0.3 is 14.2 Å². The molecule has 0 saturated heterocycles. The van der Waals surface area contributed by atoms with Crippen molar-refractivity contribution in [1.29, 1.82) is 0 Å². The zero-order chi connectivity index (χ0) is 57.8. The summed E-state index contributed by atoms with van der Waals surface area (Å²) in [5.41, 5.74) is 0. The zero-order valence-electron chi connectivity index (χ0n) is 52.6. The molecule has 0 spiro atoms. The molecule has 0 saturated carbocycles. The fourth-order valence-electron chi connectivity index (χ4n) is 9.41. The average molecular weight is 1110 g/mol. The summed E-state index contributed by atoms with van der Waals surface area (Å²) in [6.45, 7) is 6.52. The van der Waals surface area contributed by atoms with Crippen LogP contribution in [0.1, 0.15) is 323 Å². The highest BCUT2D eigenvalue weighted by Gasteiger charge is 2.19. The van der Waals surface area contributed by atoms with Gasteiger partial charge in [-0.3, -0.25) is 14.4 Å². The second kappa shape index (κ2) is 67.6. The van der Waals surface area contributed by atoms with Crippen molar-refractivity contribution in [1.82, 2.24) is 0 Å². The van der Waals surface area contributed by atoms with E-state index in [1.807, 2.05) is 0 Å². The number of carbonyl (C=O) groups excluding carboxylic acids is 3. The first-order valence-corrected chi connectivity index (χ1v) is 33.9. The Morgan fingerprint density at radius 2 is 0.487 bits per heavy atom. The summed E-state index contributed by atoms with van der Waals surface area (Å²) in [6.07, 6.45) is 92.4. The summed E-state index contributed by atoms with van der Waals surface area (Å²) < 4.78 is 16.9. The van der Waals surface area contributed by atoms with E-state index in [0.29, 0.717) is 19.3 Å². The molecule has 0 aliphatic rings. The van der Waals surface area contributed by atoms with E-state index in [-0.39, 0.29) is 31.1 Å². The van der Waals surface area contributed by atoms with E-state index in [2.05, 4.69) is 130 Å². The van der Waals surface area contributed by atoms with Gasteiger partial charge in [0.2, 0.25) is 0 Å². The van der Waals surface area contributed by atoms with Gasteiger partial charge in [-0.25, -0.2) is 0 Å². The molecule has 6 nitrogen and oxygen atoms in total. The summed E-state index contributed by atoms with van der Waals surface area (Å²) in [7, 11) is 0. The fraction of sp³-hybridized carbons (Fsp3) is 0.716. The number of esters is 3. The minimum absolute atomic E-state index is 0.0846. The third-order valence-corrected chi connectivity index (χ3v) is 14.5. The van der Waals surface area contributed by atoms with E-state index in [1.165, 1.54) is 167 Å². The van der Waals surface area contributed by atoms with E-state index in [9.17, 15) is 14.4 Å². The molecule has 6 heteroatoms. The minimum atomic E-state index is -0.788. The second-order valence-electron chi connectivity index (χ2n) is 22.3. The van der Waals surface area contributed by atoms with Gasteiger partial charge in [-0.1, -0.05) is 284 Å². The van der Waals surface area contributed by atoms with Crippen LogP contribution in [0.3, 0.4) is 0 Å². The summed E-state index contributed by atoms with van der Waals surface area (Å²) in [6, 6.07) is 0. The van der Waals surface area contributed by atoms with Gasteiger partial charge in [0.1, 0.15) is 13.2 Å². The quantitative estimate of drug-likeness (QED) is 0.0261. The Labute approximate surface area is 495 Å². The number of unbranched alkanes of at least 4 members (excludes halogenated alkanes) is 32. The van der Waals surface area contributed by atoms with E-state index in [1.54, 1.807) is 0 Å². The van der Waals surface area contributed by atoms with Crippen molar-refractivity contribution < 1.29 is 28.6 Å². The third kappa shape index (κ3) is 64.9. The molecule has 0 amide bonds. The Morgan fingerprint density at radius 3 is 0.787 bits per heavy atom. The van der Waals surface area contributed by atoms with Gasteiger partial charge in [-0.05, 0) is 128 Å². The molecule has 0 heterocycles. The second-order valence-corrected chi connectivity index (χ2v) is 22.3. The van der Waals surface area contributed by atoms with E-state index < -0.39 is 6.10 Å². The van der Waals surface area contributed by atoms with Crippen LogP contribution in [0.15, 0.2) is 109 Å². The van der Waals surface area contributed by atoms with Crippen molar-refractivity contribution in [3.05, 3.63) is 109 Å². The van der Waals surface area contributed by atoms with E-state index in [4.69, 9.17) is 14.2 Å². The lowest BCUT2D eigenvalue weighted by Crippen LogP contribution is -2.30. The molecule has 80 heavy (non-hydrogen) atoms. The van der Waals surface area contributed by atoms with Gasteiger partial charge in [0, 0.05) is 19.3 Å². The molecular weight excluding hydrogens is 985 g/mol. The number of hydrogen-bond acceptors (Lipinski definition) is 6. The van der Waals surface area contributed by atoms with Crippen molar-refractivity contribution in [2.75, 3.05) is 13.2 Å². The first kappa shape index (κ1) is 76.1. The molecule has 0 aliphatic heterocycles. The third-order valence-electron chi connectivity index (χ3n) is 14.5. The molecule has 0 aromatic carbocycles. The molecule has 0 aromatic heterocycles. The van der Waals surface area contributed by atoms with Gasteiger partial charge in [0.15, 0.2) is 6.10 Å². The maximum atomic E-state index is 12.9. The predicted molar refractivity (Wildman–Crippen MR) is 348 cm³/mol. The van der Waals surface area contributed by atoms with Crippen LogP contribution in [0.5, 0.6) is 0 Å². The Bertz CT molecular complexity index is 1610. The molecule has 0 N–H and O–H groups in total. The highest BCUT2D eigenvalue weighted by molar-refractivity contribution is 5.71. The monoisotopic (exact) mass is 1110 g/mol.